The van der Waals surface area contributed by atoms with Gasteiger partial charge in [0.05, 0.1) is 0 Å². The van der Waals surface area contributed by atoms with E-state index in [0.717, 1.165) is 13.0 Å². The van der Waals surface area contributed by atoms with Gasteiger partial charge in [0.1, 0.15) is 0 Å². The number of piperazine rings is 1. The maximum atomic E-state index is 5.21. The lowest BCUT2D eigenvalue weighted by atomic mass is 10.3. The molecule has 0 aromatic carbocycles. The number of rotatable bonds is 3. The van der Waals surface area contributed by atoms with Crippen molar-refractivity contribution in [2.24, 2.45) is 0 Å². The summed E-state index contributed by atoms with van der Waals surface area (Å²) in [6.45, 7) is 9.28. The quantitative estimate of drug-likeness (QED) is 0.573. The molecule has 1 saturated heterocycles. The minimum absolute atomic E-state index is 0. The molecule has 0 atom stereocenters. The summed E-state index contributed by atoms with van der Waals surface area (Å²) in [4.78, 5) is 4.93. The maximum absolute atomic E-state index is 5.21. The monoisotopic (exact) mass is 167 g/mol. The highest BCUT2D eigenvalue weighted by Gasteiger charge is 2.13. The Labute approximate surface area is 77.0 Å². The second-order valence-electron chi connectivity index (χ2n) is 3.23. The number of hydrogen-bond donors (Lipinski definition) is 0. The first-order valence-electron chi connectivity index (χ1n) is 4.75. The fourth-order valence-corrected chi connectivity index (χ4v) is 1.55. The fourth-order valence-electron chi connectivity index (χ4n) is 1.55. The molecular formula is C10H19N2. The highest BCUT2D eigenvalue weighted by molar-refractivity contribution is 4.85. The molecule has 12 heavy (non-hydrogen) atoms. The summed E-state index contributed by atoms with van der Waals surface area (Å²) in [6.07, 6.45) is 6.11. The second-order valence-corrected chi connectivity index (χ2v) is 3.23. The van der Waals surface area contributed by atoms with Crippen LogP contribution < -0.4 is 0 Å². The van der Waals surface area contributed by atoms with E-state index in [4.69, 9.17) is 6.42 Å². The molecule has 1 fully saturated rings. The van der Waals surface area contributed by atoms with Gasteiger partial charge in [-0.3, -0.25) is 4.90 Å². The molecule has 0 aromatic rings. The van der Waals surface area contributed by atoms with Crippen molar-refractivity contribution >= 4 is 0 Å². The van der Waals surface area contributed by atoms with Crippen molar-refractivity contribution in [3.05, 3.63) is 0 Å². The summed E-state index contributed by atoms with van der Waals surface area (Å²) in [7, 11) is 0. The zero-order valence-corrected chi connectivity index (χ0v) is 7.92. The molecule has 0 saturated carbocycles. The Morgan fingerprint density at radius 2 is 1.83 bits per heavy atom. The van der Waals surface area contributed by atoms with E-state index in [1.54, 1.807) is 0 Å². The van der Waals surface area contributed by atoms with Gasteiger partial charge in [-0.05, 0) is 6.54 Å². The van der Waals surface area contributed by atoms with Crippen LogP contribution in [0.2, 0.25) is 0 Å². The molecule has 0 spiro atoms. The minimum atomic E-state index is 0. The van der Waals surface area contributed by atoms with E-state index in [1.807, 2.05) is 0 Å². The van der Waals surface area contributed by atoms with Gasteiger partial charge in [-0.1, -0.05) is 6.92 Å². The number of nitrogens with zero attached hydrogens (tertiary/aromatic N) is 2. The zero-order chi connectivity index (χ0) is 8.81. The van der Waals surface area contributed by atoms with Gasteiger partial charge < -0.3 is 4.90 Å². The first-order chi connectivity index (χ1) is 5.86. The van der Waals surface area contributed by atoms with E-state index in [-0.39, 0.29) is 1.43 Å². The highest BCUT2D eigenvalue weighted by Crippen LogP contribution is 2.00. The van der Waals surface area contributed by atoms with E-state index in [1.165, 1.54) is 32.7 Å². The summed E-state index contributed by atoms with van der Waals surface area (Å²) in [5.74, 6) is 2.68. The largest absolute Gasteiger partial charge is 0.301 e. The summed E-state index contributed by atoms with van der Waals surface area (Å²) in [5, 5.41) is 0. The van der Waals surface area contributed by atoms with Crippen LogP contribution in [0.25, 0.3) is 0 Å². The van der Waals surface area contributed by atoms with Crippen LogP contribution in [0.1, 0.15) is 14.8 Å². The average Bonchev–Trinajstić information content (AvgIpc) is 2.15. The van der Waals surface area contributed by atoms with Gasteiger partial charge >= 0.3 is 0 Å². The normalized spacial score (nSPS) is 20.7. The predicted octanol–water partition coefficient (Wildman–Crippen LogP) is 0.760. The zero-order valence-electron chi connectivity index (χ0n) is 8.92. The SMILES string of the molecule is C#CCCN1CCN(CC)CC1.[H]. The Kier molecular flexibility index (Phi) is 4.13. The molecule has 1 heterocycles. The van der Waals surface area contributed by atoms with Crippen LogP contribution in [-0.4, -0.2) is 49.1 Å². The first kappa shape index (κ1) is 9.57. The smallest absolute Gasteiger partial charge is 0.0214 e. The van der Waals surface area contributed by atoms with Crippen molar-refractivity contribution in [3.63, 3.8) is 0 Å². The Bertz CT molecular complexity index is 157. The molecule has 0 N–H and O–H groups in total. The van der Waals surface area contributed by atoms with E-state index in [0.29, 0.717) is 0 Å². The van der Waals surface area contributed by atoms with Gasteiger partial charge in [0.2, 0.25) is 0 Å². The minimum Gasteiger partial charge on any atom is -0.301 e. The van der Waals surface area contributed by atoms with Crippen LogP contribution >= 0.6 is 0 Å². The van der Waals surface area contributed by atoms with Crippen molar-refractivity contribution < 1.29 is 1.43 Å². The predicted molar refractivity (Wildman–Crippen MR) is 53.1 cm³/mol. The number of likely N-dealkylation sites (N-methyl/N-ethyl adjacent to an activating group) is 1. The van der Waals surface area contributed by atoms with Crippen molar-refractivity contribution in [1.82, 2.24) is 9.80 Å². The Hall–Kier alpha value is -0.520. The molecule has 1 aliphatic rings. The highest BCUT2D eigenvalue weighted by atomic mass is 15.3. The topological polar surface area (TPSA) is 6.48 Å². The van der Waals surface area contributed by atoms with E-state index in [9.17, 15) is 0 Å². The molecule has 1 aliphatic heterocycles. The standard InChI is InChI=1S/C10H18N2.H/c1-3-5-6-12-9-7-11(4-2)8-10-12;/h1H,4-10H2,2H3;. The molecule has 0 bridgehead atoms. The number of terminal acetylenes is 1. The van der Waals surface area contributed by atoms with Crippen LogP contribution in [0.3, 0.4) is 0 Å². The van der Waals surface area contributed by atoms with Crippen LogP contribution in [0.5, 0.6) is 0 Å². The van der Waals surface area contributed by atoms with Gasteiger partial charge in [-0.2, -0.15) is 0 Å². The van der Waals surface area contributed by atoms with Crippen LogP contribution in [0.15, 0.2) is 0 Å². The first-order valence-corrected chi connectivity index (χ1v) is 4.75. The molecule has 69 valence electrons. The van der Waals surface area contributed by atoms with Crippen LogP contribution in [-0.2, 0) is 0 Å². The summed E-state index contributed by atoms with van der Waals surface area (Å²) >= 11 is 0. The summed E-state index contributed by atoms with van der Waals surface area (Å²) in [5.41, 5.74) is 0. The van der Waals surface area contributed by atoms with E-state index < -0.39 is 0 Å². The lowest BCUT2D eigenvalue weighted by molar-refractivity contribution is 0.139. The van der Waals surface area contributed by atoms with E-state index in [2.05, 4.69) is 22.6 Å². The molecule has 0 aliphatic carbocycles. The molecule has 1 radical (unpaired) electrons. The lowest BCUT2D eigenvalue weighted by Gasteiger charge is -2.33. The van der Waals surface area contributed by atoms with Gasteiger partial charge in [0.25, 0.3) is 0 Å². The third kappa shape index (κ3) is 2.84. The summed E-state index contributed by atoms with van der Waals surface area (Å²) in [6, 6.07) is 0. The molecule has 2 nitrogen and oxygen atoms in total. The van der Waals surface area contributed by atoms with Crippen LogP contribution in [0, 0.1) is 12.3 Å². The lowest BCUT2D eigenvalue weighted by Crippen LogP contribution is -2.46. The third-order valence-electron chi connectivity index (χ3n) is 2.48. The Morgan fingerprint density at radius 1 is 1.25 bits per heavy atom. The Morgan fingerprint density at radius 3 is 2.33 bits per heavy atom. The van der Waals surface area contributed by atoms with Crippen LogP contribution in [0.4, 0.5) is 0 Å². The van der Waals surface area contributed by atoms with Crippen molar-refractivity contribution in [1.29, 1.82) is 0 Å². The van der Waals surface area contributed by atoms with Gasteiger partial charge in [0.15, 0.2) is 0 Å². The van der Waals surface area contributed by atoms with Crippen molar-refractivity contribution in [2.75, 3.05) is 39.3 Å². The van der Waals surface area contributed by atoms with Crippen molar-refractivity contribution in [2.45, 2.75) is 13.3 Å². The Balaban J connectivity index is 0.00000144. The number of hydrogen-bond acceptors (Lipinski definition) is 2. The maximum Gasteiger partial charge on any atom is 0.0214 e. The average molecular weight is 167 g/mol. The van der Waals surface area contributed by atoms with Gasteiger partial charge in [0, 0.05) is 40.6 Å². The molecule has 2 heteroatoms. The van der Waals surface area contributed by atoms with Gasteiger partial charge in [-0.15, -0.1) is 12.3 Å². The molecular weight excluding hydrogens is 148 g/mol. The third-order valence-corrected chi connectivity index (χ3v) is 2.48. The molecule has 0 aromatic heterocycles. The van der Waals surface area contributed by atoms with E-state index >= 15 is 0 Å². The fraction of sp³-hybridized carbons (Fsp3) is 0.800. The summed E-state index contributed by atoms with van der Waals surface area (Å²) < 4.78 is 0. The second kappa shape index (κ2) is 5.18. The van der Waals surface area contributed by atoms with Gasteiger partial charge in [-0.25, -0.2) is 0 Å². The van der Waals surface area contributed by atoms with Crippen molar-refractivity contribution in [3.8, 4) is 12.3 Å². The molecule has 1 rings (SSSR count). The molecule has 0 amide bonds. The molecule has 0 unspecified atom stereocenters.